The van der Waals surface area contributed by atoms with Crippen LogP contribution in [0.4, 0.5) is 0 Å². The smallest absolute Gasteiger partial charge is 0.231 e. The SMILES string of the molecule is O=C1CCC(c2nc(-c3cccc(CN4CCOCC4)c3)no2)CN1. The molecule has 0 radical (unpaired) electrons. The van der Waals surface area contributed by atoms with E-state index in [1.165, 1.54) is 5.56 Å². The van der Waals surface area contributed by atoms with Gasteiger partial charge in [0, 0.05) is 38.2 Å². The van der Waals surface area contributed by atoms with Crippen LogP contribution in [0, 0.1) is 0 Å². The quantitative estimate of drug-likeness (QED) is 0.908. The number of rotatable bonds is 4. The molecule has 2 aromatic rings. The van der Waals surface area contributed by atoms with E-state index in [0.29, 0.717) is 24.7 Å². The average Bonchev–Trinajstić information content (AvgIpc) is 3.14. The minimum absolute atomic E-state index is 0.0896. The van der Waals surface area contributed by atoms with Gasteiger partial charge in [0.25, 0.3) is 0 Å². The lowest BCUT2D eigenvalue weighted by Crippen LogP contribution is -2.35. The van der Waals surface area contributed by atoms with Crippen molar-refractivity contribution in [2.45, 2.75) is 25.3 Å². The molecule has 2 aliphatic rings. The summed E-state index contributed by atoms with van der Waals surface area (Å²) in [7, 11) is 0. The van der Waals surface area contributed by atoms with Crippen molar-refractivity contribution in [2.75, 3.05) is 32.8 Å². The van der Waals surface area contributed by atoms with Crippen molar-refractivity contribution >= 4 is 5.91 Å². The number of nitrogens with one attached hydrogen (secondary N) is 1. The molecule has 7 nitrogen and oxygen atoms in total. The first-order valence-electron chi connectivity index (χ1n) is 8.77. The van der Waals surface area contributed by atoms with E-state index in [9.17, 15) is 4.79 Å². The molecule has 3 heterocycles. The van der Waals surface area contributed by atoms with Crippen LogP contribution in [-0.4, -0.2) is 53.8 Å². The fourth-order valence-electron chi connectivity index (χ4n) is 3.29. The van der Waals surface area contributed by atoms with Gasteiger partial charge in [-0.05, 0) is 18.1 Å². The van der Waals surface area contributed by atoms with E-state index < -0.39 is 0 Å². The number of benzene rings is 1. The van der Waals surface area contributed by atoms with Crippen LogP contribution >= 0.6 is 0 Å². The summed E-state index contributed by atoms with van der Waals surface area (Å²) in [6, 6.07) is 8.27. The summed E-state index contributed by atoms with van der Waals surface area (Å²) in [5, 5.41) is 6.99. The van der Waals surface area contributed by atoms with E-state index in [2.05, 4.69) is 32.5 Å². The number of hydrogen-bond donors (Lipinski definition) is 1. The predicted octanol–water partition coefficient (Wildman–Crippen LogP) is 1.56. The number of morpholine rings is 1. The van der Waals surface area contributed by atoms with E-state index in [4.69, 9.17) is 9.26 Å². The van der Waals surface area contributed by atoms with Crippen molar-refractivity contribution in [3.8, 4) is 11.4 Å². The molecule has 2 aliphatic heterocycles. The number of amides is 1. The lowest BCUT2D eigenvalue weighted by molar-refractivity contribution is -0.122. The molecular weight excluding hydrogens is 320 g/mol. The van der Waals surface area contributed by atoms with Crippen LogP contribution in [-0.2, 0) is 16.1 Å². The maximum absolute atomic E-state index is 11.3. The van der Waals surface area contributed by atoms with Gasteiger partial charge < -0.3 is 14.6 Å². The summed E-state index contributed by atoms with van der Waals surface area (Å²) >= 11 is 0. The summed E-state index contributed by atoms with van der Waals surface area (Å²) in [6.07, 6.45) is 1.27. The first-order chi connectivity index (χ1) is 12.3. The van der Waals surface area contributed by atoms with Crippen molar-refractivity contribution < 1.29 is 14.1 Å². The van der Waals surface area contributed by atoms with Crippen LogP contribution in [0.1, 0.15) is 30.2 Å². The van der Waals surface area contributed by atoms with Gasteiger partial charge in [0.1, 0.15) is 0 Å². The highest BCUT2D eigenvalue weighted by molar-refractivity contribution is 5.76. The van der Waals surface area contributed by atoms with Gasteiger partial charge in [0.05, 0.1) is 19.1 Å². The highest BCUT2D eigenvalue weighted by atomic mass is 16.5. The van der Waals surface area contributed by atoms with Crippen LogP contribution in [0.3, 0.4) is 0 Å². The number of piperidine rings is 1. The molecule has 1 aromatic heterocycles. The highest BCUT2D eigenvalue weighted by Crippen LogP contribution is 2.25. The van der Waals surface area contributed by atoms with Crippen LogP contribution in [0.2, 0.25) is 0 Å². The Kier molecular flexibility index (Phi) is 4.76. The Morgan fingerprint density at radius 3 is 2.96 bits per heavy atom. The fraction of sp³-hybridized carbons (Fsp3) is 0.500. The number of carbonyl (C=O) groups is 1. The number of nitrogens with zero attached hydrogens (tertiary/aromatic N) is 3. The topological polar surface area (TPSA) is 80.5 Å². The molecule has 25 heavy (non-hydrogen) atoms. The standard InChI is InChI=1S/C18H22N4O3/c23-16-5-4-15(11-19-16)18-20-17(21-25-18)14-3-1-2-13(10-14)12-22-6-8-24-9-7-22/h1-3,10,15H,4-9,11-12H2,(H,19,23). The number of aromatic nitrogens is 2. The molecule has 7 heteroatoms. The maximum Gasteiger partial charge on any atom is 0.231 e. The van der Waals surface area contributed by atoms with Gasteiger partial charge in [-0.3, -0.25) is 9.69 Å². The van der Waals surface area contributed by atoms with Crippen LogP contribution in [0.5, 0.6) is 0 Å². The van der Waals surface area contributed by atoms with Gasteiger partial charge in [-0.1, -0.05) is 23.4 Å². The normalized spacial score (nSPS) is 21.9. The maximum atomic E-state index is 11.3. The molecule has 2 fully saturated rings. The van der Waals surface area contributed by atoms with Crippen LogP contribution in [0.25, 0.3) is 11.4 Å². The fourth-order valence-corrected chi connectivity index (χ4v) is 3.29. The van der Waals surface area contributed by atoms with Gasteiger partial charge in [-0.25, -0.2) is 0 Å². The van der Waals surface area contributed by atoms with E-state index in [-0.39, 0.29) is 11.8 Å². The molecule has 0 bridgehead atoms. The van der Waals surface area contributed by atoms with E-state index in [0.717, 1.165) is 44.8 Å². The zero-order valence-corrected chi connectivity index (χ0v) is 14.1. The van der Waals surface area contributed by atoms with Crippen molar-refractivity contribution in [3.63, 3.8) is 0 Å². The summed E-state index contributed by atoms with van der Waals surface area (Å²) in [5.41, 5.74) is 2.19. The summed E-state index contributed by atoms with van der Waals surface area (Å²) in [6.45, 7) is 4.99. The molecule has 1 atom stereocenters. The second-order valence-corrected chi connectivity index (χ2v) is 6.58. The Morgan fingerprint density at radius 1 is 1.28 bits per heavy atom. The van der Waals surface area contributed by atoms with E-state index in [1.807, 2.05) is 12.1 Å². The first-order valence-corrected chi connectivity index (χ1v) is 8.77. The zero-order valence-electron chi connectivity index (χ0n) is 14.1. The Bertz CT molecular complexity index is 729. The van der Waals surface area contributed by atoms with Gasteiger partial charge in [-0.2, -0.15) is 4.98 Å². The van der Waals surface area contributed by atoms with E-state index >= 15 is 0 Å². The van der Waals surface area contributed by atoms with Crippen LogP contribution in [0.15, 0.2) is 28.8 Å². The Balaban J connectivity index is 1.46. The average molecular weight is 342 g/mol. The molecule has 2 saturated heterocycles. The van der Waals surface area contributed by atoms with Crippen molar-refractivity contribution in [1.82, 2.24) is 20.4 Å². The van der Waals surface area contributed by atoms with Gasteiger partial charge in [0.15, 0.2) is 0 Å². The molecule has 1 N–H and O–H groups in total. The second-order valence-electron chi connectivity index (χ2n) is 6.58. The summed E-state index contributed by atoms with van der Waals surface area (Å²) in [4.78, 5) is 18.2. The minimum atomic E-state index is 0.0896. The van der Waals surface area contributed by atoms with Crippen molar-refractivity contribution in [1.29, 1.82) is 0 Å². The molecular formula is C18H22N4O3. The van der Waals surface area contributed by atoms with Crippen molar-refractivity contribution in [2.24, 2.45) is 0 Å². The van der Waals surface area contributed by atoms with Crippen LogP contribution < -0.4 is 5.32 Å². The largest absolute Gasteiger partial charge is 0.379 e. The summed E-state index contributed by atoms with van der Waals surface area (Å²) < 4.78 is 10.8. The van der Waals surface area contributed by atoms with E-state index in [1.54, 1.807) is 0 Å². The third-order valence-electron chi connectivity index (χ3n) is 4.75. The predicted molar refractivity (Wildman–Crippen MR) is 90.8 cm³/mol. The lowest BCUT2D eigenvalue weighted by Gasteiger charge is -2.26. The Hall–Kier alpha value is -2.25. The highest BCUT2D eigenvalue weighted by Gasteiger charge is 2.25. The molecule has 4 rings (SSSR count). The molecule has 0 spiro atoms. The van der Waals surface area contributed by atoms with Gasteiger partial charge in [-0.15, -0.1) is 0 Å². The van der Waals surface area contributed by atoms with Crippen molar-refractivity contribution in [3.05, 3.63) is 35.7 Å². The first kappa shape index (κ1) is 16.2. The second kappa shape index (κ2) is 7.33. The molecule has 1 aromatic carbocycles. The Labute approximate surface area is 146 Å². The third-order valence-corrected chi connectivity index (χ3v) is 4.75. The molecule has 0 saturated carbocycles. The minimum Gasteiger partial charge on any atom is -0.379 e. The molecule has 0 aliphatic carbocycles. The number of ether oxygens (including phenoxy) is 1. The Morgan fingerprint density at radius 2 is 2.16 bits per heavy atom. The molecule has 1 amide bonds. The monoisotopic (exact) mass is 342 g/mol. The van der Waals surface area contributed by atoms with Gasteiger partial charge >= 0.3 is 0 Å². The lowest BCUT2D eigenvalue weighted by atomic mass is 9.99. The zero-order chi connectivity index (χ0) is 17.1. The van der Waals surface area contributed by atoms with Gasteiger partial charge in [0.2, 0.25) is 17.6 Å². The number of hydrogen-bond acceptors (Lipinski definition) is 6. The summed E-state index contributed by atoms with van der Waals surface area (Å²) in [5.74, 6) is 1.41. The molecule has 1 unspecified atom stereocenters. The number of carbonyl (C=O) groups excluding carboxylic acids is 1. The third kappa shape index (κ3) is 3.88. The molecule has 132 valence electrons.